The second-order valence-corrected chi connectivity index (χ2v) is 11.7. The van der Waals surface area contributed by atoms with E-state index in [1.807, 2.05) is 36.4 Å². The zero-order valence-corrected chi connectivity index (χ0v) is 26.7. The molecule has 4 aromatic carbocycles. The van der Waals surface area contributed by atoms with Crippen LogP contribution in [0.1, 0.15) is 38.7 Å². The number of hydrogen-bond donors (Lipinski definition) is 2. The lowest BCUT2D eigenvalue weighted by Gasteiger charge is -2.37. The summed E-state index contributed by atoms with van der Waals surface area (Å²) in [7, 11) is 1.57. The van der Waals surface area contributed by atoms with Gasteiger partial charge in [0.25, 0.3) is 11.8 Å². The van der Waals surface area contributed by atoms with Gasteiger partial charge in [-0.2, -0.15) is 14.9 Å². The summed E-state index contributed by atoms with van der Waals surface area (Å²) in [6.45, 7) is 0.608. The molecule has 0 bridgehead atoms. The highest BCUT2D eigenvalue weighted by Gasteiger charge is 2.36. The van der Waals surface area contributed by atoms with Crippen LogP contribution in [0.4, 0.5) is 15.8 Å². The van der Waals surface area contributed by atoms with Crippen molar-refractivity contribution in [1.29, 1.82) is 0 Å². The van der Waals surface area contributed by atoms with E-state index in [2.05, 4.69) is 36.4 Å². The Morgan fingerprint density at radius 2 is 1.88 bits per heavy atom. The first-order chi connectivity index (χ1) is 23.8. The van der Waals surface area contributed by atoms with Gasteiger partial charge >= 0.3 is 0 Å². The molecule has 3 heterocycles. The number of anilines is 1. The molecule has 0 fully saturated rings. The van der Waals surface area contributed by atoms with E-state index in [1.165, 1.54) is 34.1 Å². The number of amides is 3. The summed E-state index contributed by atoms with van der Waals surface area (Å²) < 4.78 is 16.6. The lowest BCUT2D eigenvalue weighted by molar-refractivity contribution is -0.135. The fourth-order valence-corrected chi connectivity index (χ4v) is 6.29. The van der Waals surface area contributed by atoms with Gasteiger partial charge in [0.2, 0.25) is 5.91 Å². The number of halogens is 2. The molecule has 1 aromatic heterocycles. The highest BCUT2D eigenvalue weighted by Crippen LogP contribution is 2.38. The predicted octanol–water partition coefficient (Wildman–Crippen LogP) is 5.86. The van der Waals surface area contributed by atoms with Crippen molar-refractivity contribution in [3.8, 4) is 16.8 Å². The summed E-state index contributed by atoms with van der Waals surface area (Å²) in [5.74, 6) is -1.89. The molecule has 0 saturated heterocycles. The van der Waals surface area contributed by atoms with Crippen LogP contribution < -0.4 is 10.6 Å². The number of aromatic nitrogens is 4. The first kappa shape index (κ1) is 31.5. The summed E-state index contributed by atoms with van der Waals surface area (Å²) in [6, 6.07) is 20.0. The second kappa shape index (κ2) is 13.2. The average Bonchev–Trinajstić information content (AvgIpc) is 3.84. The minimum atomic E-state index is -1.03. The Hall–Kier alpha value is -6.08. The van der Waals surface area contributed by atoms with Crippen molar-refractivity contribution in [2.24, 2.45) is 10.2 Å². The number of carbonyl (C=O) groups is 3. The zero-order valence-electron chi connectivity index (χ0n) is 26.0. The molecule has 2 N–H and O–H groups in total. The van der Waals surface area contributed by atoms with Gasteiger partial charge in [-0.05, 0) is 87.6 Å². The van der Waals surface area contributed by atoms with E-state index in [1.54, 1.807) is 37.4 Å². The average molecular weight is 676 g/mol. The molecule has 7 rings (SSSR count). The van der Waals surface area contributed by atoms with Gasteiger partial charge in [-0.1, -0.05) is 41.9 Å². The van der Waals surface area contributed by atoms with Gasteiger partial charge in [-0.15, -0.1) is 5.10 Å². The molecule has 12 nitrogen and oxygen atoms in total. The first-order valence-electron chi connectivity index (χ1n) is 15.3. The molecule has 5 aromatic rings. The Morgan fingerprint density at radius 1 is 1.04 bits per heavy atom. The molecule has 0 radical (unpaired) electrons. The summed E-state index contributed by atoms with van der Waals surface area (Å²) in [5.41, 5.74) is 6.25. The predicted molar refractivity (Wildman–Crippen MR) is 180 cm³/mol. The van der Waals surface area contributed by atoms with Crippen LogP contribution in [0.5, 0.6) is 0 Å². The molecule has 0 spiro atoms. The number of hydrogen-bond acceptors (Lipinski definition) is 8. The standard InChI is InChI=1S/C35H27ClFN9O3/c1-38-34(48)21-7-5-20(6-8-21)24-3-2-4-26-25(24)15-16-45(33(26)35(49)41-23-9-12-29-22(17-23)18-39-42-29)31(47)14-10-27-30(46-19-40-43-44-46)13-11-28(36)32(27)37/h2-14,17,19,33H,15-16,18H2,1H3,(H,38,48)(H,41,49)/b14-10+. The topological polar surface area (TPSA) is 147 Å². The molecular weight excluding hydrogens is 649 g/mol. The van der Waals surface area contributed by atoms with Crippen LogP contribution >= 0.6 is 11.6 Å². The molecule has 1 unspecified atom stereocenters. The highest BCUT2D eigenvalue weighted by atomic mass is 35.5. The number of azo groups is 1. The van der Waals surface area contributed by atoms with Gasteiger partial charge in [-0.3, -0.25) is 14.4 Å². The van der Waals surface area contributed by atoms with E-state index >= 15 is 4.39 Å². The molecule has 0 aliphatic carbocycles. The number of rotatable bonds is 7. The largest absolute Gasteiger partial charge is 0.355 e. The van der Waals surface area contributed by atoms with Crippen molar-refractivity contribution in [3.05, 3.63) is 124 Å². The molecule has 3 amide bonds. The number of nitrogens with one attached hydrogen (secondary N) is 2. The smallest absolute Gasteiger partial charge is 0.251 e. The Kier molecular flexibility index (Phi) is 8.49. The van der Waals surface area contributed by atoms with E-state index in [4.69, 9.17) is 11.6 Å². The van der Waals surface area contributed by atoms with Crippen LogP contribution in [-0.2, 0) is 22.6 Å². The Balaban J connectivity index is 1.26. The minimum absolute atomic E-state index is 0.00279. The van der Waals surface area contributed by atoms with Crippen molar-refractivity contribution in [1.82, 2.24) is 30.4 Å². The molecule has 0 saturated carbocycles. The van der Waals surface area contributed by atoms with Gasteiger partial charge in [0, 0.05) is 42.0 Å². The first-order valence-corrected chi connectivity index (χ1v) is 15.7. The third-order valence-corrected chi connectivity index (χ3v) is 8.79. The number of benzene rings is 4. The molecule has 2 aliphatic rings. The van der Waals surface area contributed by atoms with E-state index in [0.717, 1.165) is 27.9 Å². The maximum atomic E-state index is 15.3. The van der Waals surface area contributed by atoms with Crippen molar-refractivity contribution in [2.75, 3.05) is 18.9 Å². The Morgan fingerprint density at radius 3 is 2.65 bits per heavy atom. The van der Waals surface area contributed by atoms with Crippen LogP contribution in [0.15, 0.2) is 95.4 Å². The summed E-state index contributed by atoms with van der Waals surface area (Å²) in [5, 5.41) is 24.7. The maximum absolute atomic E-state index is 15.3. The summed E-state index contributed by atoms with van der Waals surface area (Å²) in [6.07, 6.45) is 4.26. The lowest BCUT2D eigenvalue weighted by Crippen LogP contribution is -2.45. The highest BCUT2D eigenvalue weighted by molar-refractivity contribution is 6.31. The van der Waals surface area contributed by atoms with E-state index in [-0.39, 0.29) is 28.7 Å². The van der Waals surface area contributed by atoms with E-state index in [0.29, 0.717) is 29.8 Å². The Bertz CT molecular complexity index is 2170. The molecule has 244 valence electrons. The van der Waals surface area contributed by atoms with Gasteiger partial charge in [0.05, 0.1) is 22.9 Å². The van der Waals surface area contributed by atoms with Gasteiger partial charge < -0.3 is 15.5 Å². The van der Waals surface area contributed by atoms with Crippen molar-refractivity contribution >= 4 is 46.8 Å². The quantitative estimate of drug-likeness (QED) is 0.207. The minimum Gasteiger partial charge on any atom is -0.355 e. The summed E-state index contributed by atoms with van der Waals surface area (Å²) in [4.78, 5) is 41.8. The third kappa shape index (κ3) is 6.07. The van der Waals surface area contributed by atoms with Crippen LogP contribution in [0.2, 0.25) is 5.02 Å². The lowest BCUT2D eigenvalue weighted by atomic mass is 9.85. The maximum Gasteiger partial charge on any atom is 0.251 e. The molecule has 2 aliphatic heterocycles. The molecule has 1 atom stereocenters. The van der Waals surface area contributed by atoms with Gasteiger partial charge in [0.1, 0.15) is 12.4 Å². The summed E-state index contributed by atoms with van der Waals surface area (Å²) >= 11 is 6.09. The fourth-order valence-electron chi connectivity index (χ4n) is 6.13. The SMILES string of the molecule is CNC(=O)c1ccc(-c2cccc3c2CCN(C(=O)/C=C/c2c(-n4cnnn4)ccc(Cl)c2F)C3C(=O)Nc2ccc3c(c2)CN=N3)cc1. The van der Waals surface area contributed by atoms with Crippen LogP contribution in [0.25, 0.3) is 22.9 Å². The van der Waals surface area contributed by atoms with Gasteiger partial charge in [0.15, 0.2) is 5.82 Å². The van der Waals surface area contributed by atoms with Crippen molar-refractivity contribution in [3.63, 3.8) is 0 Å². The van der Waals surface area contributed by atoms with Crippen molar-refractivity contribution < 1.29 is 18.8 Å². The van der Waals surface area contributed by atoms with Crippen LogP contribution in [0.3, 0.4) is 0 Å². The zero-order chi connectivity index (χ0) is 34.1. The number of fused-ring (bicyclic) bond motifs is 2. The molecular formula is C35H27ClFN9O3. The van der Waals surface area contributed by atoms with Crippen LogP contribution in [0, 0.1) is 5.82 Å². The van der Waals surface area contributed by atoms with Crippen molar-refractivity contribution in [2.45, 2.75) is 19.0 Å². The number of nitrogens with zero attached hydrogens (tertiary/aromatic N) is 7. The third-order valence-electron chi connectivity index (χ3n) is 8.50. The molecule has 14 heteroatoms. The number of tetrazole rings is 1. The molecule has 49 heavy (non-hydrogen) atoms. The van der Waals surface area contributed by atoms with E-state index < -0.39 is 23.7 Å². The normalized spacial score (nSPS) is 14.8. The fraction of sp³-hybridized carbons (Fsp3) is 0.143. The second-order valence-electron chi connectivity index (χ2n) is 11.3. The number of carbonyl (C=O) groups excluding carboxylic acids is 3. The van der Waals surface area contributed by atoms with Crippen LogP contribution in [-0.4, -0.2) is 56.4 Å². The Labute approximate surface area is 284 Å². The van der Waals surface area contributed by atoms with E-state index in [9.17, 15) is 14.4 Å². The monoisotopic (exact) mass is 675 g/mol. The van der Waals surface area contributed by atoms with Gasteiger partial charge in [-0.25, -0.2) is 4.39 Å².